The van der Waals surface area contributed by atoms with Crippen LogP contribution >= 0.6 is 0 Å². The van der Waals surface area contributed by atoms with E-state index >= 15 is 0 Å². The summed E-state index contributed by atoms with van der Waals surface area (Å²) in [6, 6.07) is 28.3. The first-order chi connectivity index (χ1) is 18.3. The summed E-state index contributed by atoms with van der Waals surface area (Å²) >= 11 is 0. The van der Waals surface area contributed by atoms with Crippen molar-refractivity contribution in [1.82, 2.24) is 4.98 Å². The predicted octanol–water partition coefficient (Wildman–Crippen LogP) is 8.28. The van der Waals surface area contributed by atoms with Gasteiger partial charge in [-0.3, -0.25) is 4.79 Å². The number of aryl methyl sites for hydroxylation is 4. The molecule has 4 aromatic carbocycles. The largest absolute Gasteiger partial charge is 0.489 e. The highest BCUT2D eigenvalue weighted by molar-refractivity contribution is 6.15. The molecule has 5 rings (SSSR count). The highest BCUT2D eigenvalue weighted by atomic mass is 16.5. The Morgan fingerprint density at radius 2 is 1.50 bits per heavy atom. The van der Waals surface area contributed by atoms with Crippen LogP contribution in [0.2, 0.25) is 0 Å². The molecule has 0 aliphatic rings. The summed E-state index contributed by atoms with van der Waals surface area (Å²) in [5.41, 5.74) is 10.4. The fraction of sp³-hybridized carbons (Fsp3) is 0.176. The fourth-order valence-electron chi connectivity index (χ4n) is 4.98. The number of benzene rings is 4. The number of pyridine rings is 1. The van der Waals surface area contributed by atoms with E-state index in [4.69, 9.17) is 9.72 Å². The van der Waals surface area contributed by atoms with Gasteiger partial charge in [0.15, 0.2) is 0 Å². The first-order valence-corrected chi connectivity index (χ1v) is 12.9. The van der Waals surface area contributed by atoms with E-state index in [2.05, 4.69) is 37.4 Å². The Labute approximate surface area is 224 Å². The summed E-state index contributed by atoms with van der Waals surface area (Å²) in [5.74, 6) is 0.659. The summed E-state index contributed by atoms with van der Waals surface area (Å²) in [4.78, 5) is 18.9. The molecular weight excluding hydrogens is 468 g/mol. The minimum Gasteiger partial charge on any atom is -0.489 e. The SMILES string of the molecule is Cc1ccc(NC(=O)c2c(C)c(-c3ccc(OCc4ccccc4)cc3)nc3c(C)cc(C)cc23)c(C)c1. The number of carbonyl (C=O) groups excluding carboxylic acids is 1. The first kappa shape index (κ1) is 25.2. The van der Waals surface area contributed by atoms with Crippen LogP contribution < -0.4 is 10.1 Å². The van der Waals surface area contributed by atoms with Gasteiger partial charge in [-0.05, 0) is 93.3 Å². The highest BCUT2D eigenvalue weighted by Gasteiger charge is 2.21. The molecule has 0 spiro atoms. The maximum absolute atomic E-state index is 13.8. The average molecular weight is 501 g/mol. The summed E-state index contributed by atoms with van der Waals surface area (Å²) in [7, 11) is 0. The van der Waals surface area contributed by atoms with Gasteiger partial charge in [0.1, 0.15) is 12.4 Å². The van der Waals surface area contributed by atoms with Gasteiger partial charge in [-0.2, -0.15) is 0 Å². The third kappa shape index (κ3) is 5.16. The van der Waals surface area contributed by atoms with E-state index in [1.54, 1.807) is 0 Å². The molecule has 0 saturated carbocycles. The van der Waals surface area contributed by atoms with Crippen molar-refractivity contribution in [3.63, 3.8) is 0 Å². The zero-order chi connectivity index (χ0) is 26.8. The van der Waals surface area contributed by atoms with Crippen LogP contribution in [-0.4, -0.2) is 10.9 Å². The molecule has 0 saturated heterocycles. The second kappa shape index (κ2) is 10.5. The van der Waals surface area contributed by atoms with E-state index in [1.807, 2.05) is 87.5 Å². The van der Waals surface area contributed by atoms with Crippen LogP contribution in [0.15, 0.2) is 84.9 Å². The zero-order valence-electron chi connectivity index (χ0n) is 22.6. The van der Waals surface area contributed by atoms with Crippen molar-refractivity contribution in [2.24, 2.45) is 0 Å². The van der Waals surface area contributed by atoms with Gasteiger partial charge >= 0.3 is 0 Å². The quantitative estimate of drug-likeness (QED) is 0.255. The van der Waals surface area contributed by atoms with E-state index in [9.17, 15) is 4.79 Å². The molecule has 0 bridgehead atoms. The lowest BCUT2D eigenvalue weighted by Gasteiger charge is -2.17. The summed E-state index contributed by atoms with van der Waals surface area (Å²) in [5, 5.41) is 4.03. The van der Waals surface area contributed by atoms with Gasteiger partial charge in [0, 0.05) is 16.6 Å². The fourth-order valence-corrected chi connectivity index (χ4v) is 4.98. The molecular formula is C34H32N2O2. The number of fused-ring (bicyclic) bond motifs is 1. The number of aromatic nitrogens is 1. The Kier molecular flexibility index (Phi) is 6.97. The lowest BCUT2D eigenvalue weighted by molar-refractivity contribution is 0.102. The monoisotopic (exact) mass is 500 g/mol. The molecule has 0 atom stereocenters. The van der Waals surface area contributed by atoms with Gasteiger partial charge in [0.2, 0.25) is 0 Å². The van der Waals surface area contributed by atoms with E-state index in [-0.39, 0.29) is 5.91 Å². The molecule has 4 nitrogen and oxygen atoms in total. The lowest BCUT2D eigenvalue weighted by atomic mass is 9.94. The lowest BCUT2D eigenvalue weighted by Crippen LogP contribution is -2.16. The number of hydrogen-bond donors (Lipinski definition) is 1. The average Bonchev–Trinajstić information content (AvgIpc) is 2.89. The van der Waals surface area contributed by atoms with Crippen LogP contribution in [0.25, 0.3) is 22.2 Å². The number of nitrogens with zero attached hydrogens (tertiary/aromatic N) is 1. The highest BCUT2D eigenvalue weighted by Crippen LogP contribution is 2.33. The Hall–Kier alpha value is -4.44. The van der Waals surface area contributed by atoms with Crippen molar-refractivity contribution in [2.75, 3.05) is 5.32 Å². The number of hydrogen-bond acceptors (Lipinski definition) is 3. The number of carbonyl (C=O) groups is 1. The molecule has 0 aliphatic heterocycles. The number of nitrogens with one attached hydrogen (secondary N) is 1. The maximum atomic E-state index is 13.8. The van der Waals surface area contributed by atoms with Gasteiger partial charge < -0.3 is 10.1 Å². The van der Waals surface area contributed by atoms with Crippen LogP contribution in [0.1, 0.15) is 43.7 Å². The molecule has 0 aliphatic carbocycles. The Morgan fingerprint density at radius 1 is 0.789 bits per heavy atom. The van der Waals surface area contributed by atoms with Crippen molar-refractivity contribution in [2.45, 2.75) is 41.2 Å². The molecule has 1 aromatic heterocycles. The molecule has 5 aromatic rings. The van der Waals surface area contributed by atoms with Crippen LogP contribution in [0.3, 0.4) is 0 Å². The molecule has 38 heavy (non-hydrogen) atoms. The molecule has 1 amide bonds. The Balaban J connectivity index is 1.54. The molecule has 0 fully saturated rings. The van der Waals surface area contributed by atoms with Crippen LogP contribution in [0.4, 0.5) is 5.69 Å². The third-order valence-electron chi connectivity index (χ3n) is 6.90. The minimum absolute atomic E-state index is 0.129. The summed E-state index contributed by atoms with van der Waals surface area (Å²) in [6.45, 7) is 10.7. The van der Waals surface area contributed by atoms with Crippen molar-refractivity contribution in [3.05, 3.63) is 124 Å². The van der Waals surface area contributed by atoms with Crippen LogP contribution in [-0.2, 0) is 6.61 Å². The summed E-state index contributed by atoms with van der Waals surface area (Å²) in [6.07, 6.45) is 0. The Bertz CT molecular complexity index is 1640. The number of anilines is 1. The number of amides is 1. The molecule has 1 N–H and O–H groups in total. The van der Waals surface area contributed by atoms with Crippen LogP contribution in [0, 0.1) is 34.6 Å². The van der Waals surface area contributed by atoms with Gasteiger partial charge in [0.25, 0.3) is 5.91 Å². The van der Waals surface area contributed by atoms with E-state index in [1.165, 1.54) is 0 Å². The van der Waals surface area contributed by atoms with Crippen molar-refractivity contribution in [3.8, 4) is 17.0 Å². The zero-order valence-corrected chi connectivity index (χ0v) is 22.6. The van der Waals surface area contributed by atoms with Crippen molar-refractivity contribution < 1.29 is 9.53 Å². The molecule has 0 unspecified atom stereocenters. The second-order valence-electron chi connectivity index (χ2n) is 10.0. The number of rotatable bonds is 6. The van der Waals surface area contributed by atoms with Crippen molar-refractivity contribution in [1.29, 1.82) is 0 Å². The third-order valence-corrected chi connectivity index (χ3v) is 6.90. The second-order valence-corrected chi connectivity index (χ2v) is 10.0. The summed E-state index contributed by atoms with van der Waals surface area (Å²) < 4.78 is 5.98. The van der Waals surface area contributed by atoms with Gasteiger partial charge in [0.05, 0.1) is 16.8 Å². The minimum atomic E-state index is -0.129. The number of ether oxygens (including phenoxy) is 1. The molecule has 4 heteroatoms. The molecule has 190 valence electrons. The van der Waals surface area contributed by atoms with E-state index in [0.29, 0.717) is 12.2 Å². The normalized spacial score (nSPS) is 11.0. The van der Waals surface area contributed by atoms with Crippen LogP contribution in [0.5, 0.6) is 5.75 Å². The predicted molar refractivity (Wildman–Crippen MR) is 156 cm³/mol. The van der Waals surface area contributed by atoms with Gasteiger partial charge in [-0.15, -0.1) is 0 Å². The van der Waals surface area contributed by atoms with Gasteiger partial charge in [-0.25, -0.2) is 4.98 Å². The van der Waals surface area contributed by atoms with E-state index in [0.717, 1.165) is 67.0 Å². The Morgan fingerprint density at radius 3 is 2.21 bits per heavy atom. The van der Waals surface area contributed by atoms with E-state index < -0.39 is 0 Å². The molecule has 1 heterocycles. The topological polar surface area (TPSA) is 51.2 Å². The van der Waals surface area contributed by atoms with Gasteiger partial charge in [-0.1, -0.05) is 59.7 Å². The maximum Gasteiger partial charge on any atom is 0.256 e. The molecule has 0 radical (unpaired) electrons. The smallest absolute Gasteiger partial charge is 0.256 e. The first-order valence-electron chi connectivity index (χ1n) is 12.9. The van der Waals surface area contributed by atoms with Crippen molar-refractivity contribution >= 4 is 22.5 Å². The standard InChI is InChI=1S/C34H32N2O2/c1-21-11-16-30(23(3)17-21)35-34(37)31-25(5)33(36-32-24(4)18-22(2)19-29(31)32)27-12-14-28(15-13-27)38-20-26-9-7-6-8-10-26/h6-19H,20H2,1-5H3,(H,35,37).